The molecule has 1 aliphatic rings. The van der Waals surface area contributed by atoms with Gasteiger partial charge in [-0.1, -0.05) is 18.2 Å². The van der Waals surface area contributed by atoms with E-state index in [9.17, 15) is 0 Å². The lowest BCUT2D eigenvalue weighted by Gasteiger charge is -2.30. The van der Waals surface area contributed by atoms with E-state index in [0.29, 0.717) is 5.92 Å². The van der Waals surface area contributed by atoms with E-state index in [1.807, 2.05) is 0 Å². The molecule has 1 unspecified atom stereocenters. The van der Waals surface area contributed by atoms with Gasteiger partial charge < -0.3 is 15.0 Å². The maximum absolute atomic E-state index is 5.10. The number of para-hydroxylation sites is 1. The van der Waals surface area contributed by atoms with Gasteiger partial charge in [0.15, 0.2) is 0 Å². The fourth-order valence-electron chi connectivity index (χ4n) is 2.69. The summed E-state index contributed by atoms with van der Waals surface area (Å²) in [6.45, 7) is 4.20. The minimum atomic E-state index is 0.662. The molecular formula is C15H24N2O. The van der Waals surface area contributed by atoms with Gasteiger partial charge in [-0.15, -0.1) is 0 Å². The van der Waals surface area contributed by atoms with Crippen molar-refractivity contribution >= 4 is 5.69 Å². The molecule has 1 heterocycles. The van der Waals surface area contributed by atoms with E-state index in [2.05, 4.69) is 41.5 Å². The normalized spacial score (nSPS) is 18.5. The van der Waals surface area contributed by atoms with Crippen LogP contribution in [0.2, 0.25) is 0 Å². The maximum Gasteiger partial charge on any atom is 0.0474 e. The zero-order valence-electron chi connectivity index (χ0n) is 11.5. The molecule has 0 fully saturated rings. The first kappa shape index (κ1) is 13.4. The van der Waals surface area contributed by atoms with Crippen molar-refractivity contribution in [2.24, 2.45) is 0 Å². The van der Waals surface area contributed by atoms with Gasteiger partial charge >= 0.3 is 0 Å². The predicted molar refractivity (Wildman–Crippen MR) is 76.3 cm³/mol. The average Bonchev–Trinajstić information content (AvgIpc) is 2.39. The smallest absolute Gasteiger partial charge is 0.0474 e. The van der Waals surface area contributed by atoms with E-state index in [0.717, 1.165) is 32.7 Å². The number of methoxy groups -OCH3 is 1. The number of fused-ring (bicyclic) bond motifs is 1. The molecule has 1 aromatic rings. The van der Waals surface area contributed by atoms with Crippen LogP contribution >= 0.6 is 0 Å². The van der Waals surface area contributed by atoms with Crippen molar-refractivity contribution in [2.45, 2.75) is 18.8 Å². The molecule has 0 amide bonds. The summed E-state index contributed by atoms with van der Waals surface area (Å²) in [6, 6.07) is 8.70. The van der Waals surface area contributed by atoms with E-state index < -0.39 is 0 Å². The third-order valence-corrected chi connectivity index (χ3v) is 3.63. The molecule has 1 aliphatic heterocycles. The monoisotopic (exact) mass is 248 g/mol. The lowest BCUT2D eigenvalue weighted by atomic mass is 9.90. The molecule has 3 nitrogen and oxygen atoms in total. The van der Waals surface area contributed by atoms with Crippen molar-refractivity contribution in [2.75, 3.05) is 45.7 Å². The van der Waals surface area contributed by atoms with Crippen LogP contribution in [-0.4, -0.2) is 45.3 Å². The highest BCUT2D eigenvalue weighted by Gasteiger charge is 2.20. The molecule has 0 bridgehead atoms. The minimum Gasteiger partial charge on any atom is -0.385 e. The van der Waals surface area contributed by atoms with Crippen molar-refractivity contribution in [3.8, 4) is 0 Å². The maximum atomic E-state index is 5.10. The summed E-state index contributed by atoms with van der Waals surface area (Å²) >= 11 is 0. The van der Waals surface area contributed by atoms with Crippen LogP contribution in [0.15, 0.2) is 24.3 Å². The summed E-state index contributed by atoms with van der Waals surface area (Å²) < 4.78 is 5.10. The van der Waals surface area contributed by atoms with E-state index in [-0.39, 0.29) is 0 Å². The van der Waals surface area contributed by atoms with Crippen molar-refractivity contribution in [1.82, 2.24) is 4.90 Å². The number of anilines is 1. The summed E-state index contributed by atoms with van der Waals surface area (Å²) in [5, 5.41) is 3.48. The van der Waals surface area contributed by atoms with Crippen LogP contribution in [0.1, 0.15) is 24.3 Å². The van der Waals surface area contributed by atoms with E-state index in [4.69, 9.17) is 4.74 Å². The molecule has 1 N–H and O–H groups in total. The Morgan fingerprint density at radius 2 is 2.22 bits per heavy atom. The topological polar surface area (TPSA) is 24.5 Å². The van der Waals surface area contributed by atoms with Crippen molar-refractivity contribution in [3.63, 3.8) is 0 Å². The molecule has 18 heavy (non-hydrogen) atoms. The minimum absolute atomic E-state index is 0.662. The number of hydrogen-bond acceptors (Lipinski definition) is 3. The van der Waals surface area contributed by atoms with Crippen LogP contribution < -0.4 is 5.32 Å². The second kappa shape index (κ2) is 6.76. The second-order valence-corrected chi connectivity index (χ2v) is 5.11. The molecule has 1 atom stereocenters. The standard InChI is InChI=1S/C15H24N2O/c1-17(10-5-11-18-2)12-13-8-9-16-15-7-4-3-6-14(13)15/h3-4,6-7,13,16H,5,8-12H2,1-2H3. The molecule has 0 aromatic heterocycles. The Bertz CT molecular complexity index is 367. The fourth-order valence-corrected chi connectivity index (χ4v) is 2.69. The fraction of sp³-hybridized carbons (Fsp3) is 0.600. The molecule has 0 spiro atoms. The Labute approximate surface area is 110 Å². The average molecular weight is 248 g/mol. The molecule has 0 aliphatic carbocycles. The lowest BCUT2D eigenvalue weighted by molar-refractivity contribution is 0.177. The molecule has 100 valence electrons. The third kappa shape index (κ3) is 3.47. The van der Waals surface area contributed by atoms with Gasteiger partial charge in [0.05, 0.1) is 0 Å². The van der Waals surface area contributed by atoms with Crippen LogP contribution in [0.4, 0.5) is 5.69 Å². The Balaban J connectivity index is 1.90. The van der Waals surface area contributed by atoms with Crippen LogP contribution in [-0.2, 0) is 4.74 Å². The molecule has 0 saturated carbocycles. The van der Waals surface area contributed by atoms with Crippen molar-refractivity contribution < 1.29 is 4.74 Å². The van der Waals surface area contributed by atoms with Crippen LogP contribution in [0, 0.1) is 0 Å². The second-order valence-electron chi connectivity index (χ2n) is 5.11. The number of nitrogens with zero attached hydrogens (tertiary/aromatic N) is 1. The van der Waals surface area contributed by atoms with Gasteiger partial charge in [0.2, 0.25) is 0 Å². The summed E-state index contributed by atoms with van der Waals surface area (Å²) in [5.74, 6) is 0.662. The van der Waals surface area contributed by atoms with E-state index >= 15 is 0 Å². The molecular weight excluding hydrogens is 224 g/mol. The summed E-state index contributed by atoms with van der Waals surface area (Å²) in [5.41, 5.74) is 2.79. The van der Waals surface area contributed by atoms with Gasteiger partial charge in [0, 0.05) is 45.0 Å². The van der Waals surface area contributed by atoms with Crippen molar-refractivity contribution in [1.29, 1.82) is 0 Å². The molecule has 0 saturated heterocycles. The van der Waals surface area contributed by atoms with E-state index in [1.54, 1.807) is 7.11 Å². The Morgan fingerprint density at radius 3 is 3.06 bits per heavy atom. The van der Waals surface area contributed by atoms with Crippen LogP contribution in [0.3, 0.4) is 0 Å². The lowest BCUT2D eigenvalue weighted by Crippen LogP contribution is -2.29. The Kier molecular flexibility index (Phi) is 5.02. The number of benzene rings is 1. The summed E-state index contributed by atoms with van der Waals surface area (Å²) in [7, 11) is 3.98. The molecule has 2 rings (SSSR count). The van der Waals surface area contributed by atoms with Gasteiger partial charge in [0.25, 0.3) is 0 Å². The number of hydrogen-bond donors (Lipinski definition) is 1. The van der Waals surface area contributed by atoms with Crippen LogP contribution in [0.25, 0.3) is 0 Å². The molecule has 1 aromatic carbocycles. The van der Waals surface area contributed by atoms with Crippen molar-refractivity contribution in [3.05, 3.63) is 29.8 Å². The summed E-state index contributed by atoms with van der Waals surface area (Å²) in [6.07, 6.45) is 2.34. The quantitative estimate of drug-likeness (QED) is 0.783. The van der Waals surface area contributed by atoms with Gasteiger partial charge in [-0.05, 0) is 31.5 Å². The summed E-state index contributed by atoms with van der Waals surface area (Å²) in [4.78, 5) is 2.42. The Hall–Kier alpha value is -1.06. The number of likely N-dealkylation sites (N-methyl/N-ethyl adjacent to an activating group) is 1. The SMILES string of the molecule is COCCCN(C)CC1CCNc2ccccc21. The van der Waals surface area contributed by atoms with Crippen LogP contribution in [0.5, 0.6) is 0 Å². The first-order valence-corrected chi connectivity index (χ1v) is 6.81. The first-order chi connectivity index (χ1) is 8.81. The number of rotatable bonds is 6. The van der Waals surface area contributed by atoms with E-state index in [1.165, 1.54) is 17.7 Å². The number of nitrogens with one attached hydrogen (secondary N) is 1. The predicted octanol–water partition coefficient (Wildman–Crippen LogP) is 2.55. The molecule has 3 heteroatoms. The largest absolute Gasteiger partial charge is 0.385 e. The number of ether oxygens (including phenoxy) is 1. The van der Waals surface area contributed by atoms with Gasteiger partial charge in [0.1, 0.15) is 0 Å². The zero-order chi connectivity index (χ0) is 12.8. The highest BCUT2D eigenvalue weighted by Crippen LogP contribution is 2.31. The Morgan fingerprint density at radius 1 is 1.39 bits per heavy atom. The zero-order valence-corrected chi connectivity index (χ0v) is 11.5. The van der Waals surface area contributed by atoms with Gasteiger partial charge in [-0.2, -0.15) is 0 Å². The highest BCUT2D eigenvalue weighted by molar-refractivity contribution is 5.54. The highest BCUT2D eigenvalue weighted by atomic mass is 16.5. The van der Waals surface area contributed by atoms with Gasteiger partial charge in [-0.3, -0.25) is 0 Å². The first-order valence-electron chi connectivity index (χ1n) is 6.81. The van der Waals surface area contributed by atoms with Gasteiger partial charge in [-0.25, -0.2) is 0 Å². The molecule has 0 radical (unpaired) electrons. The third-order valence-electron chi connectivity index (χ3n) is 3.63.